The Labute approximate surface area is 117 Å². The molecular weight excluding hydrogens is 282 g/mol. The van der Waals surface area contributed by atoms with Crippen molar-refractivity contribution in [2.75, 3.05) is 0 Å². The lowest BCUT2D eigenvalue weighted by Crippen LogP contribution is -2.18. The average Bonchev–Trinajstić information content (AvgIpc) is 2.80. The van der Waals surface area contributed by atoms with Crippen LogP contribution < -0.4 is 11.4 Å². The third-order valence-corrected chi connectivity index (χ3v) is 3.36. The highest BCUT2D eigenvalue weighted by molar-refractivity contribution is 7.99. The molecule has 0 aliphatic heterocycles. The van der Waals surface area contributed by atoms with Gasteiger partial charge in [0.15, 0.2) is 11.0 Å². The molecular formula is C10H13N7O2S. The summed E-state index contributed by atoms with van der Waals surface area (Å²) in [5.74, 6) is -0.152. The van der Waals surface area contributed by atoms with Gasteiger partial charge < -0.3 is 10.9 Å². The van der Waals surface area contributed by atoms with E-state index < -0.39 is 0 Å². The molecule has 20 heavy (non-hydrogen) atoms. The van der Waals surface area contributed by atoms with E-state index >= 15 is 0 Å². The van der Waals surface area contributed by atoms with Crippen LogP contribution in [0.5, 0.6) is 0 Å². The van der Waals surface area contributed by atoms with E-state index in [1.54, 1.807) is 0 Å². The first-order valence-electron chi connectivity index (χ1n) is 5.79. The van der Waals surface area contributed by atoms with Crippen LogP contribution in [-0.4, -0.2) is 35.8 Å². The number of aromatic amines is 1. The zero-order chi connectivity index (χ0) is 14.5. The Kier molecular flexibility index (Phi) is 4.35. The second-order valence-electron chi connectivity index (χ2n) is 3.76. The van der Waals surface area contributed by atoms with Crippen LogP contribution in [0.1, 0.15) is 19.0 Å². The molecule has 0 atom stereocenters. The molecule has 2 heterocycles. The number of hydrogen-bond donors (Lipinski definition) is 3. The number of nitrogens with one attached hydrogen (secondary N) is 1. The summed E-state index contributed by atoms with van der Waals surface area (Å²) in [5.41, 5.74) is 5.48. The first kappa shape index (κ1) is 14.1. The van der Waals surface area contributed by atoms with E-state index in [1.165, 1.54) is 17.0 Å². The second-order valence-corrected chi connectivity index (χ2v) is 4.72. The molecule has 0 saturated carbocycles. The number of nitrogens with zero attached hydrogens (tertiary/aromatic N) is 5. The number of amidine groups is 1. The van der Waals surface area contributed by atoms with Crippen LogP contribution in [0.15, 0.2) is 32.5 Å². The summed E-state index contributed by atoms with van der Waals surface area (Å²) in [6.45, 7) is 2.49. The summed E-state index contributed by atoms with van der Waals surface area (Å²) in [4.78, 5) is 19.7. The van der Waals surface area contributed by atoms with Gasteiger partial charge in [-0.2, -0.15) is 0 Å². The molecule has 0 aliphatic rings. The molecule has 0 aromatic carbocycles. The summed E-state index contributed by atoms with van der Waals surface area (Å²) in [6, 6.07) is 0. The van der Waals surface area contributed by atoms with Crippen molar-refractivity contribution < 1.29 is 5.21 Å². The fourth-order valence-corrected chi connectivity index (χ4v) is 2.43. The monoisotopic (exact) mass is 295 g/mol. The Morgan fingerprint density at radius 2 is 2.30 bits per heavy atom. The van der Waals surface area contributed by atoms with Gasteiger partial charge in [-0.25, -0.2) is 19.9 Å². The molecule has 2 aromatic rings. The van der Waals surface area contributed by atoms with Crippen molar-refractivity contribution in [2.45, 2.75) is 30.1 Å². The maximum atomic E-state index is 11.6. The molecule has 9 nitrogen and oxygen atoms in total. The summed E-state index contributed by atoms with van der Waals surface area (Å²) >= 11 is 1.12. The highest BCUT2D eigenvalue weighted by Crippen LogP contribution is 2.25. The third kappa shape index (κ3) is 2.79. The molecule has 0 unspecified atom stereocenters. The minimum absolute atomic E-state index is 0.152. The minimum atomic E-state index is -0.288. The standard InChI is InChI=1S/C10H13N7O2S/c1-2-5-17-9(18)14-15-10(17)20-8-6(7(11)16-19)12-3-4-13-8/h3-4,19H,2,5H2,1H3,(H2,11,16)(H,14,18). The number of H-pyrrole nitrogens is 1. The van der Waals surface area contributed by atoms with E-state index in [1.807, 2.05) is 6.92 Å². The first-order valence-corrected chi connectivity index (χ1v) is 6.61. The minimum Gasteiger partial charge on any atom is -0.409 e. The molecule has 0 saturated heterocycles. The summed E-state index contributed by atoms with van der Waals surface area (Å²) in [7, 11) is 0. The predicted octanol–water partition coefficient (Wildman–Crippen LogP) is 0.0171. The lowest BCUT2D eigenvalue weighted by molar-refractivity contribution is 0.318. The number of oxime groups is 1. The smallest absolute Gasteiger partial charge is 0.343 e. The Morgan fingerprint density at radius 3 is 3.00 bits per heavy atom. The molecule has 2 aromatic heterocycles. The zero-order valence-corrected chi connectivity index (χ0v) is 11.5. The van der Waals surface area contributed by atoms with Gasteiger partial charge in [0.2, 0.25) is 0 Å². The van der Waals surface area contributed by atoms with Gasteiger partial charge in [0, 0.05) is 18.9 Å². The van der Waals surface area contributed by atoms with Crippen molar-refractivity contribution in [3.8, 4) is 0 Å². The van der Waals surface area contributed by atoms with Crippen molar-refractivity contribution in [1.82, 2.24) is 24.7 Å². The van der Waals surface area contributed by atoms with Crippen molar-refractivity contribution >= 4 is 17.6 Å². The highest BCUT2D eigenvalue weighted by atomic mass is 32.2. The zero-order valence-electron chi connectivity index (χ0n) is 10.6. The molecule has 0 fully saturated rings. The summed E-state index contributed by atoms with van der Waals surface area (Å²) in [6.07, 6.45) is 3.70. The molecule has 0 aliphatic carbocycles. The fourth-order valence-electron chi connectivity index (χ4n) is 1.51. The van der Waals surface area contributed by atoms with Crippen LogP contribution in [-0.2, 0) is 6.54 Å². The molecule has 2 rings (SSSR count). The number of nitrogens with two attached hydrogens (primary N) is 1. The number of rotatable bonds is 5. The van der Waals surface area contributed by atoms with Crippen LogP contribution in [0.25, 0.3) is 0 Å². The Hall–Kier alpha value is -2.36. The van der Waals surface area contributed by atoms with Crippen LogP contribution >= 0.6 is 11.8 Å². The van der Waals surface area contributed by atoms with Crippen molar-refractivity contribution in [1.29, 1.82) is 0 Å². The van der Waals surface area contributed by atoms with Crippen LogP contribution in [0, 0.1) is 0 Å². The molecule has 0 amide bonds. The summed E-state index contributed by atoms with van der Waals surface area (Å²) < 4.78 is 1.50. The average molecular weight is 295 g/mol. The lowest BCUT2D eigenvalue weighted by atomic mass is 10.4. The van der Waals surface area contributed by atoms with E-state index in [4.69, 9.17) is 10.9 Å². The molecule has 0 radical (unpaired) electrons. The van der Waals surface area contributed by atoms with Gasteiger partial charge in [-0.3, -0.25) is 4.57 Å². The Morgan fingerprint density at radius 1 is 1.55 bits per heavy atom. The normalized spacial score (nSPS) is 11.8. The van der Waals surface area contributed by atoms with Gasteiger partial charge in [0.05, 0.1) is 0 Å². The molecule has 0 bridgehead atoms. The number of hydrogen-bond acceptors (Lipinski definition) is 7. The van der Waals surface area contributed by atoms with Crippen LogP contribution in [0.4, 0.5) is 0 Å². The quantitative estimate of drug-likeness (QED) is 0.306. The lowest BCUT2D eigenvalue weighted by Gasteiger charge is -2.05. The SMILES string of the molecule is CCCn1c(Sc2nccnc2C(N)=NO)n[nH]c1=O. The topological polar surface area (TPSA) is 135 Å². The van der Waals surface area contributed by atoms with E-state index in [9.17, 15) is 4.79 Å². The third-order valence-electron chi connectivity index (χ3n) is 2.37. The van der Waals surface area contributed by atoms with Crippen LogP contribution in [0.2, 0.25) is 0 Å². The van der Waals surface area contributed by atoms with E-state index in [-0.39, 0.29) is 17.2 Å². The predicted molar refractivity (Wildman–Crippen MR) is 71.8 cm³/mol. The molecule has 0 spiro atoms. The number of aromatic nitrogens is 5. The van der Waals surface area contributed by atoms with Crippen molar-refractivity contribution in [3.63, 3.8) is 0 Å². The van der Waals surface area contributed by atoms with E-state index in [0.29, 0.717) is 16.7 Å². The Bertz CT molecular complexity index is 678. The summed E-state index contributed by atoms with van der Waals surface area (Å²) in [5, 5.41) is 18.8. The Balaban J connectivity index is 2.38. The molecule has 4 N–H and O–H groups in total. The van der Waals surface area contributed by atoms with Crippen LogP contribution in [0.3, 0.4) is 0 Å². The largest absolute Gasteiger partial charge is 0.409 e. The highest BCUT2D eigenvalue weighted by Gasteiger charge is 2.15. The first-order chi connectivity index (χ1) is 9.67. The van der Waals surface area contributed by atoms with Crippen molar-refractivity contribution in [3.05, 3.63) is 28.6 Å². The van der Waals surface area contributed by atoms with Gasteiger partial charge in [0.1, 0.15) is 10.7 Å². The molecule has 106 valence electrons. The molecule has 10 heteroatoms. The second kappa shape index (κ2) is 6.19. The van der Waals surface area contributed by atoms with Gasteiger partial charge >= 0.3 is 5.69 Å². The van der Waals surface area contributed by atoms with Crippen molar-refractivity contribution in [2.24, 2.45) is 10.9 Å². The fraction of sp³-hybridized carbons (Fsp3) is 0.300. The van der Waals surface area contributed by atoms with Gasteiger partial charge in [-0.15, -0.1) is 5.10 Å². The van der Waals surface area contributed by atoms with Gasteiger partial charge in [0.25, 0.3) is 0 Å². The maximum Gasteiger partial charge on any atom is 0.343 e. The van der Waals surface area contributed by atoms with Gasteiger partial charge in [-0.05, 0) is 18.2 Å². The van der Waals surface area contributed by atoms with E-state index in [0.717, 1.165) is 18.2 Å². The van der Waals surface area contributed by atoms with E-state index in [2.05, 4.69) is 25.3 Å². The van der Waals surface area contributed by atoms with Gasteiger partial charge in [-0.1, -0.05) is 12.1 Å². The maximum absolute atomic E-state index is 11.6.